The lowest BCUT2D eigenvalue weighted by Crippen LogP contribution is -2.36. The molecule has 118 valence electrons. The molecular weight excluding hydrogens is 264 g/mol. The molecule has 4 nitrogen and oxygen atoms in total. The third-order valence-corrected chi connectivity index (χ3v) is 4.03. The minimum absolute atomic E-state index is 0.141. The zero-order chi connectivity index (χ0) is 15.1. The number of hydrogen-bond donors (Lipinski definition) is 2. The maximum Gasteiger partial charge on any atom is 0.0642 e. The number of benzene rings is 1. The Kier molecular flexibility index (Phi) is 6.03. The van der Waals surface area contributed by atoms with Crippen LogP contribution in [0.25, 0.3) is 0 Å². The van der Waals surface area contributed by atoms with Gasteiger partial charge in [-0.25, -0.2) is 0 Å². The summed E-state index contributed by atoms with van der Waals surface area (Å²) in [5.41, 5.74) is 2.72. The number of nitrogens with one attached hydrogen (secondary N) is 1. The van der Waals surface area contributed by atoms with Crippen LogP contribution >= 0.6 is 0 Å². The van der Waals surface area contributed by atoms with Gasteiger partial charge < -0.3 is 20.1 Å². The summed E-state index contributed by atoms with van der Waals surface area (Å²) >= 11 is 0. The zero-order valence-electron chi connectivity index (χ0n) is 13.3. The maximum atomic E-state index is 9.03. The lowest BCUT2D eigenvalue weighted by atomic mass is 9.90. The summed E-state index contributed by atoms with van der Waals surface area (Å²) in [4.78, 5) is 2.37. The molecular formula is C17H28N2O2. The van der Waals surface area contributed by atoms with Crippen molar-refractivity contribution in [2.24, 2.45) is 5.41 Å². The fourth-order valence-corrected chi connectivity index (χ4v) is 2.58. The average molecular weight is 292 g/mol. The topological polar surface area (TPSA) is 44.7 Å². The van der Waals surface area contributed by atoms with Crippen LogP contribution < -0.4 is 10.2 Å². The van der Waals surface area contributed by atoms with E-state index >= 15 is 0 Å². The molecule has 1 aliphatic heterocycles. The SMILES string of the molecule is CC(C)(CCO)CNCc1ccc(N2CCOCC2)cc1. The van der Waals surface area contributed by atoms with Gasteiger partial charge in [0.2, 0.25) is 0 Å². The summed E-state index contributed by atoms with van der Waals surface area (Å²) in [6.07, 6.45) is 0.829. The Hall–Kier alpha value is -1.10. The van der Waals surface area contributed by atoms with Crippen molar-refractivity contribution in [1.29, 1.82) is 0 Å². The molecule has 0 bridgehead atoms. The first-order valence-electron chi connectivity index (χ1n) is 7.84. The second-order valence-electron chi connectivity index (χ2n) is 6.51. The third-order valence-electron chi connectivity index (χ3n) is 4.03. The Morgan fingerprint density at radius 1 is 1.19 bits per heavy atom. The minimum atomic E-state index is 0.141. The average Bonchev–Trinajstić information content (AvgIpc) is 2.48. The van der Waals surface area contributed by atoms with E-state index in [1.807, 2.05) is 0 Å². The summed E-state index contributed by atoms with van der Waals surface area (Å²) in [6, 6.07) is 8.77. The highest BCUT2D eigenvalue weighted by molar-refractivity contribution is 5.47. The quantitative estimate of drug-likeness (QED) is 0.807. The lowest BCUT2D eigenvalue weighted by Gasteiger charge is -2.29. The molecule has 1 aliphatic rings. The molecule has 21 heavy (non-hydrogen) atoms. The smallest absolute Gasteiger partial charge is 0.0642 e. The van der Waals surface area contributed by atoms with Crippen LogP contribution in [0.2, 0.25) is 0 Å². The summed E-state index contributed by atoms with van der Waals surface area (Å²) in [6.45, 7) is 10.0. The molecule has 0 radical (unpaired) electrons. The first-order valence-corrected chi connectivity index (χ1v) is 7.84. The number of aliphatic hydroxyl groups excluding tert-OH is 1. The van der Waals surface area contributed by atoms with Crippen LogP contribution in [0, 0.1) is 5.41 Å². The van der Waals surface area contributed by atoms with Crippen LogP contribution in [0.5, 0.6) is 0 Å². The normalized spacial score (nSPS) is 16.2. The summed E-state index contributed by atoms with van der Waals surface area (Å²) in [5.74, 6) is 0. The van der Waals surface area contributed by atoms with E-state index in [1.54, 1.807) is 0 Å². The Bertz CT molecular complexity index is 411. The van der Waals surface area contributed by atoms with Crippen LogP contribution in [0.3, 0.4) is 0 Å². The predicted octanol–water partition coefficient (Wildman–Crippen LogP) is 2.02. The summed E-state index contributed by atoms with van der Waals surface area (Å²) < 4.78 is 5.38. The van der Waals surface area contributed by atoms with Crippen molar-refractivity contribution in [3.8, 4) is 0 Å². The van der Waals surface area contributed by atoms with Crippen molar-refractivity contribution in [2.75, 3.05) is 44.4 Å². The van der Waals surface area contributed by atoms with Gasteiger partial charge in [-0.2, -0.15) is 0 Å². The first kappa shape index (κ1) is 16.3. The molecule has 2 rings (SSSR count). The molecule has 0 saturated carbocycles. The van der Waals surface area contributed by atoms with Gasteiger partial charge in [-0.1, -0.05) is 26.0 Å². The van der Waals surface area contributed by atoms with E-state index in [4.69, 9.17) is 9.84 Å². The highest BCUT2D eigenvalue weighted by Gasteiger charge is 2.16. The standard InChI is InChI=1S/C17H28N2O2/c1-17(2,7-10-20)14-18-13-15-3-5-16(6-4-15)19-8-11-21-12-9-19/h3-6,18,20H,7-14H2,1-2H3. The van der Waals surface area contributed by atoms with Crippen molar-refractivity contribution in [3.63, 3.8) is 0 Å². The molecule has 0 aliphatic carbocycles. The van der Waals surface area contributed by atoms with Gasteiger partial charge >= 0.3 is 0 Å². The van der Waals surface area contributed by atoms with E-state index in [9.17, 15) is 0 Å². The largest absolute Gasteiger partial charge is 0.396 e. The van der Waals surface area contributed by atoms with Gasteiger partial charge in [-0.05, 0) is 29.5 Å². The molecule has 1 aromatic carbocycles. The number of aliphatic hydroxyl groups is 1. The van der Waals surface area contributed by atoms with E-state index in [0.29, 0.717) is 0 Å². The molecule has 1 saturated heterocycles. The molecule has 1 heterocycles. The minimum Gasteiger partial charge on any atom is -0.396 e. The van der Waals surface area contributed by atoms with Gasteiger partial charge in [-0.3, -0.25) is 0 Å². The van der Waals surface area contributed by atoms with Crippen molar-refractivity contribution in [1.82, 2.24) is 5.32 Å². The number of rotatable bonds is 7. The van der Waals surface area contributed by atoms with Crippen LogP contribution in [0.4, 0.5) is 5.69 Å². The van der Waals surface area contributed by atoms with E-state index in [0.717, 1.165) is 45.8 Å². The monoisotopic (exact) mass is 292 g/mol. The first-order chi connectivity index (χ1) is 10.1. The Morgan fingerprint density at radius 3 is 2.48 bits per heavy atom. The fourth-order valence-electron chi connectivity index (χ4n) is 2.58. The van der Waals surface area contributed by atoms with E-state index in [2.05, 4.69) is 48.3 Å². The van der Waals surface area contributed by atoms with Gasteiger partial charge in [0.1, 0.15) is 0 Å². The number of nitrogens with zero attached hydrogens (tertiary/aromatic N) is 1. The van der Waals surface area contributed by atoms with Crippen LogP contribution in [-0.2, 0) is 11.3 Å². The number of anilines is 1. The van der Waals surface area contributed by atoms with Crippen molar-refractivity contribution < 1.29 is 9.84 Å². The van der Waals surface area contributed by atoms with Crippen LogP contribution in [0.15, 0.2) is 24.3 Å². The van der Waals surface area contributed by atoms with Gasteiger partial charge in [-0.15, -0.1) is 0 Å². The van der Waals surface area contributed by atoms with Crippen molar-refractivity contribution >= 4 is 5.69 Å². The molecule has 0 spiro atoms. The van der Waals surface area contributed by atoms with Crippen LogP contribution in [-0.4, -0.2) is 44.6 Å². The molecule has 4 heteroatoms. The number of morpholine rings is 1. The van der Waals surface area contributed by atoms with E-state index in [1.165, 1.54) is 11.3 Å². The predicted molar refractivity (Wildman–Crippen MR) is 86.7 cm³/mol. The van der Waals surface area contributed by atoms with Crippen molar-refractivity contribution in [2.45, 2.75) is 26.8 Å². The second-order valence-corrected chi connectivity index (χ2v) is 6.51. The molecule has 0 atom stereocenters. The van der Waals surface area contributed by atoms with Gasteiger partial charge in [0.15, 0.2) is 0 Å². The second kappa shape index (κ2) is 7.78. The Morgan fingerprint density at radius 2 is 1.86 bits per heavy atom. The van der Waals surface area contributed by atoms with Gasteiger partial charge in [0.25, 0.3) is 0 Å². The van der Waals surface area contributed by atoms with Crippen LogP contribution in [0.1, 0.15) is 25.8 Å². The molecule has 1 aromatic rings. The van der Waals surface area contributed by atoms with Gasteiger partial charge in [0, 0.05) is 38.5 Å². The zero-order valence-corrected chi connectivity index (χ0v) is 13.3. The lowest BCUT2D eigenvalue weighted by molar-refractivity contribution is 0.122. The fraction of sp³-hybridized carbons (Fsp3) is 0.647. The summed E-state index contributed by atoms with van der Waals surface area (Å²) in [7, 11) is 0. The highest BCUT2D eigenvalue weighted by Crippen LogP contribution is 2.19. The van der Waals surface area contributed by atoms with Crippen molar-refractivity contribution in [3.05, 3.63) is 29.8 Å². The Labute approximate surface area is 128 Å². The molecule has 0 aromatic heterocycles. The number of hydrogen-bond acceptors (Lipinski definition) is 4. The molecule has 2 N–H and O–H groups in total. The molecule has 0 unspecified atom stereocenters. The maximum absolute atomic E-state index is 9.03. The molecule has 1 fully saturated rings. The molecule has 0 amide bonds. The van der Waals surface area contributed by atoms with E-state index in [-0.39, 0.29) is 12.0 Å². The van der Waals surface area contributed by atoms with E-state index < -0.39 is 0 Å². The third kappa shape index (κ3) is 5.30. The highest BCUT2D eigenvalue weighted by atomic mass is 16.5. The van der Waals surface area contributed by atoms with Gasteiger partial charge in [0.05, 0.1) is 13.2 Å². The summed E-state index contributed by atoms with van der Waals surface area (Å²) in [5, 5.41) is 12.5. The Balaban J connectivity index is 1.79. The number of ether oxygens (including phenoxy) is 1.